The van der Waals surface area contributed by atoms with Crippen LogP contribution in [0.3, 0.4) is 0 Å². The van der Waals surface area contributed by atoms with Crippen LogP contribution in [0.2, 0.25) is 0 Å². The van der Waals surface area contributed by atoms with Gasteiger partial charge in [0.15, 0.2) is 0 Å². The number of methoxy groups -OCH3 is 1. The number of piperidine rings is 1. The van der Waals surface area contributed by atoms with Gasteiger partial charge in [0, 0.05) is 29.8 Å². The number of likely N-dealkylation sites (tertiary alicyclic amines) is 1. The van der Waals surface area contributed by atoms with Crippen LogP contribution in [0.1, 0.15) is 73.9 Å². The van der Waals surface area contributed by atoms with Crippen molar-refractivity contribution in [1.29, 1.82) is 0 Å². The van der Waals surface area contributed by atoms with Crippen molar-refractivity contribution >= 4 is 23.0 Å². The molecule has 9 rings (SSSR count). The fourth-order valence-electron chi connectivity index (χ4n) is 8.96. The third-order valence-corrected chi connectivity index (χ3v) is 11.6. The largest absolute Gasteiger partial charge is 0.465 e. The molecular weight excluding hydrogens is 668 g/mol. The van der Waals surface area contributed by atoms with E-state index < -0.39 is 24.2 Å². The number of aromatic nitrogens is 4. The highest BCUT2D eigenvalue weighted by Crippen LogP contribution is 2.53. The van der Waals surface area contributed by atoms with Crippen LogP contribution in [-0.4, -0.2) is 73.8 Å². The molecule has 5 N–H and O–H groups in total. The summed E-state index contributed by atoms with van der Waals surface area (Å²) in [5, 5.41) is 15.2. The minimum atomic E-state index is -3.19. The number of amides is 2. The van der Waals surface area contributed by atoms with Crippen molar-refractivity contribution in [2.45, 2.75) is 75.2 Å². The number of carbonyl (C=O) groups excluding carboxylic acids is 1. The maximum atomic E-state index is 16.2. The molecule has 3 fully saturated rings. The SMILES string of the molecule is CO[C@H](C)[C@H](NC(=O)O)C(=O)N1[C@@H]2CC[C@H](C2)[C@H]1c1nc2ccc(-c3ccc4c(c3)C(F)(F)c3cc(-c5cnc([C@@H]6CCCN6)[nH]5)ccc3-4)cc2[nH]1. The van der Waals surface area contributed by atoms with E-state index in [0.29, 0.717) is 39.3 Å². The van der Waals surface area contributed by atoms with E-state index in [9.17, 15) is 14.7 Å². The standard InChI is InChI=1S/C39H39F2N7O4/c1-19(52-2)33(47-38(50)51)37(49)48-24-9-5-23(14-24)34(48)36-44-29-12-8-21(17-31(29)45-36)20-6-10-25-26-11-7-22(16-28(26)39(40,41)27(25)15-20)32-18-43-35(46-32)30-4-3-13-42-30/h6-8,10-12,15-19,23-24,30,33-34,42,47H,3-5,9,13-14H2,1-2H3,(H,43,46)(H,44,45)(H,50,51)/t19-,23-,24-,30+,33+,34+/m1/s1. The van der Waals surface area contributed by atoms with Crippen molar-refractivity contribution in [3.63, 3.8) is 0 Å². The van der Waals surface area contributed by atoms with E-state index in [-0.39, 0.29) is 41.1 Å². The lowest BCUT2D eigenvalue weighted by atomic mass is 9.97. The molecule has 2 aromatic heterocycles. The fourth-order valence-corrected chi connectivity index (χ4v) is 8.96. The second-order valence-corrected chi connectivity index (χ2v) is 14.6. The molecule has 268 valence electrons. The summed E-state index contributed by atoms with van der Waals surface area (Å²) >= 11 is 0. The number of ether oxygens (including phenoxy) is 1. The van der Waals surface area contributed by atoms with Gasteiger partial charge in [0.1, 0.15) is 17.7 Å². The number of rotatable bonds is 8. The lowest BCUT2D eigenvalue weighted by molar-refractivity contribution is -0.141. The van der Waals surface area contributed by atoms with Gasteiger partial charge in [-0.1, -0.05) is 30.3 Å². The van der Waals surface area contributed by atoms with E-state index in [0.717, 1.165) is 55.6 Å². The van der Waals surface area contributed by atoms with E-state index in [4.69, 9.17) is 9.72 Å². The van der Waals surface area contributed by atoms with Crippen LogP contribution in [0.4, 0.5) is 13.6 Å². The minimum Gasteiger partial charge on any atom is -0.465 e. The zero-order valence-electron chi connectivity index (χ0n) is 28.7. The van der Waals surface area contributed by atoms with Gasteiger partial charge in [-0.2, -0.15) is 8.78 Å². The Morgan fingerprint density at radius 3 is 2.44 bits per heavy atom. The Morgan fingerprint density at radius 2 is 1.71 bits per heavy atom. The van der Waals surface area contributed by atoms with Crippen LogP contribution in [0, 0.1) is 5.92 Å². The first-order valence-electron chi connectivity index (χ1n) is 17.9. The Bertz CT molecular complexity index is 2230. The summed E-state index contributed by atoms with van der Waals surface area (Å²) in [6.07, 6.45) is 4.42. The third-order valence-electron chi connectivity index (χ3n) is 11.6. The van der Waals surface area contributed by atoms with Crippen LogP contribution >= 0.6 is 0 Å². The molecule has 2 aliphatic heterocycles. The molecule has 5 aromatic rings. The van der Waals surface area contributed by atoms with Crippen molar-refractivity contribution in [2.75, 3.05) is 13.7 Å². The van der Waals surface area contributed by atoms with Crippen molar-refractivity contribution in [3.05, 3.63) is 83.6 Å². The molecule has 2 amide bonds. The Labute approximate surface area is 298 Å². The summed E-state index contributed by atoms with van der Waals surface area (Å²) in [5.74, 6) is -1.89. The molecule has 13 heteroatoms. The molecular formula is C39H39F2N7O4. The lowest BCUT2D eigenvalue weighted by Crippen LogP contribution is -2.56. The number of nitrogens with one attached hydrogen (secondary N) is 4. The first kappa shape index (κ1) is 32.7. The summed E-state index contributed by atoms with van der Waals surface area (Å²) in [7, 11) is 1.45. The van der Waals surface area contributed by atoms with Crippen LogP contribution in [-0.2, 0) is 15.5 Å². The number of H-pyrrole nitrogens is 2. The molecule has 11 nitrogen and oxygen atoms in total. The van der Waals surface area contributed by atoms with Gasteiger partial charge in [-0.25, -0.2) is 14.8 Å². The third kappa shape index (κ3) is 5.20. The number of benzene rings is 3. The van der Waals surface area contributed by atoms with E-state index in [1.54, 1.807) is 42.3 Å². The van der Waals surface area contributed by atoms with Gasteiger partial charge in [0.2, 0.25) is 5.91 Å². The van der Waals surface area contributed by atoms with E-state index in [2.05, 4.69) is 25.6 Å². The van der Waals surface area contributed by atoms with Crippen LogP contribution in [0.15, 0.2) is 60.8 Å². The molecule has 0 radical (unpaired) electrons. The first-order valence-corrected chi connectivity index (χ1v) is 17.9. The topological polar surface area (TPSA) is 148 Å². The average molecular weight is 708 g/mol. The predicted molar refractivity (Wildman–Crippen MR) is 190 cm³/mol. The van der Waals surface area contributed by atoms with Gasteiger partial charge in [0.05, 0.1) is 41.1 Å². The Hall–Kier alpha value is -5.14. The van der Waals surface area contributed by atoms with Crippen molar-refractivity contribution in [1.82, 2.24) is 35.5 Å². The summed E-state index contributed by atoms with van der Waals surface area (Å²) in [4.78, 5) is 43.4. The second-order valence-electron chi connectivity index (χ2n) is 14.6. The average Bonchev–Trinajstić information content (AvgIpc) is 4.01. The summed E-state index contributed by atoms with van der Waals surface area (Å²) in [6, 6.07) is 14.8. The maximum Gasteiger partial charge on any atom is 0.405 e. The smallest absolute Gasteiger partial charge is 0.405 e. The van der Waals surface area contributed by atoms with Gasteiger partial charge >= 0.3 is 6.09 Å². The van der Waals surface area contributed by atoms with E-state index in [1.165, 1.54) is 7.11 Å². The minimum absolute atomic E-state index is 0.0205. The number of hydrogen-bond donors (Lipinski definition) is 5. The van der Waals surface area contributed by atoms with Gasteiger partial charge in [0.25, 0.3) is 5.92 Å². The van der Waals surface area contributed by atoms with E-state index >= 15 is 8.78 Å². The van der Waals surface area contributed by atoms with Crippen molar-refractivity contribution in [3.8, 4) is 33.5 Å². The monoisotopic (exact) mass is 707 g/mol. The molecule has 52 heavy (non-hydrogen) atoms. The zero-order valence-corrected chi connectivity index (χ0v) is 28.7. The second kappa shape index (κ2) is 12.2. The van der Waals surface area contributed by atoms with Gasteiger partial charge < -0.3 is 35.3 Å². The van der Waals surface area contributed by atoms with Crippen LogP contribution in [0.25, 0.3) is 44.5 Å². The Kier molecular flexibility index (Phi) is 7.70. The summed E-state index contributed by atoms with van der Waals surface area (Å²) in [5.41, 5.74) is 5.18. The molecule has 3 aromatic carbocycles. The fraction of sp³-hybridized carbons (Fsp3) is 0.385. The molecule has 2 bridgehead atoms. The number of hydrogen-bond acceptors (Lipinski definition) is 6. The molecule has 6 atom stereocenters. The van der Waals surface area contributed by atoms with Gasteiger partial charge in [-0.3, -0.25) is 4.79 Å². The molecule has 4 aliphatic rings. The van der Waals surface area contributed by atoms with Gasteiger partial charge in [-0.15, -0.1) is 0 Å². The normalized spacial score (nSPS) is 23.9. The quantitative estimate of drug-likeness (QED) is 0.118. The lowest BCUT2D eigenvalue weighted by Gasteiger charge is -2.37. The number of nitrogens with zero attached hydrogens (tertiary/aromatic N) is 3. The van der Waals surface area contributed by atoms with Crippen molar-refractivity contribution < 1.29 is 28.2 Å². The van der Waals surface area contributed by atoms with Crippen LogP contribution in [0.5, 0.6) is 0 Å². The molecule has 2 aliphatic carbocycles. The molecule has 1 saturated carbocycles. The number of halogens is 2. The maximum absolute atomic E-state index is 16.2. The summed E-state index contributed by atoms with van der Waals surface area (Å²) < 4.78 is 37.9. The van der Waals surface area contributed by atoms with Gasteiger partial charge in [-0.05, 0) is 98.0 Å². The molecule has 0 unspecified atom stereocenters. The van der Waals surface area contributed by atoms with Crippen molar-refractivity contribution in [2.24, 2.45) is 5.92 Å². The Morgan fingerprint density at radius 1 is 0.981 bits per heavy atom. The highest BCUT2D eigenvalue weighted by Gasteiger charge is 2.52. The Balaban J connectivity index is 1.00. The number of aromatic amines is 2. The first-order chi connectivity index (χ1) is 25.1. The predicted octanol–water partition coefficient (Wildman–Crippen LogP) is 6.89. The summed E-state index contributed by atoms with van der Waals surface area (Å²) in [6.45, 7) is 2.61. The highest BCUT2D eigenvalue weighted by molar-refractivity contribution is 5.88. The molecule has 4 heterocycles. The number of carbonyl (C=O) groups is 2. The van der Waals surface area contributed by atoms with Crippen LogP contribution < -0.4 is 10.6 Å². The zero-order chi connectivity index (χ0) is 35.9. The number of carboxylic acid groups (broad SMARTS) is 1. The number of fused-ring (bicyclic) bond motifs is 6. The van der Waals surface area contributed by atoms with E-state index in [1.807, 2.05) is 30.3 Å². The highest BCUT2D eigenvalue weighted by atomic mass is 19.3. The number of alkyl halides is 2. The molecule has 0 spiro atoms. The number of imidazole rings is 2. The molecule has 2 saturated heterocycles.